The molecule has 0 spiro atoms. The molecule has 1 saturated heterocycles. The number of carbonyl (C=O) groups is 2. The molecule has 4 nitrogen and oxygen atoms in total. The van der Waals surface area contributed by atoms with E-state index in [1.807, 2.05) is 12.1 Å². The van der Waals surface area contributed by atoms with Gasteiger partial charge in [-0.05, 0) is 38.1 Å². The molecule has 1 atom stereocenters. The van der Waals surface area contributed by atoms with Crippen LogP contribution in [0.25, 0.3) is 0 Å². The van der Waals surface area contributed by atoms with E-state index in [0.717, 1.165) is 32.5 Å². The van der Waals surface area contributed by atoms with Crippen LogP contribution in [0.4, 0.5) is 0 Å². The summed E-state index contributed by atoms with van der Waals surface area (Å²) in [6.45, 7) is 4.96. The lowest BCUT2D eigenvalue weighted by molar-refractivity contribution is 0.0486. The van der Waals surface area contributed by atoms with Gasteiger partial charge in [0.05, 0.1) is 17.2 Å². The predicted molar refractivity (Wildman–Crippen MR) is 72.1 cm³/mol. The van der Waals surface area contributed by atoms with E-state index in [-0.39, 0.29) is 17.9 Å². The smallest absolute Gasteiger partial charge is 0.261 e. The molecule has 100 valence electrons. The highest BCUT2D eigenvalue weighted by Gasteiger charge is 2.40. The normalized spacial score (nSPS) is 23.8. The monoisotopic (exact) mass is 258 g/mol. The highest BCUT2D eigenvalue weighted by Crippen LogP contribution is 2.27. The van der Waals surface area contributed by atoms with Gasteiger partial charge < -0.3 is 4.90 Å². The van der Waals surface area contributed by atoms with E-state index >= 15 is 0 Å². The highest BCUT2D eigenvalue weighted by atomic mass is 16.2. The van der Waals surface area contributed by atoms with E-state index in [4.69, 9.17) is 0 Å². The van der Waals surface area contributed by atoms with Gasteiger partial charge in [-0.3, -0.25) is 14.5 Å². The molecule has 0 N–H and O–H groups in total. The summed E-state index contributed by atoms with van der Waals surface area (Å²) < 4.78 is 0. The predicted octanol–water partition coefficient (Wildman–Crippen LogP) is 1.77. The lowest BCUT2D eigenvalue weighted by atomic mass is 10.0. The van der Waals surface area contributed by atoms with Crippen molar-refractivity contribution in [3.8, 4) is 0 Å². The van der Waals surface area contributed by atoms with Crippen LogP contribution in [0, 0.1) is 0 Å². The number of hydrogen-bond donors (Lipinski definition) is 0. The first-order chi connectivity index (χ1) is 9.22. The number of fused-ring (bicyclic) bond motifs is 1. The number of likely N-dealkylation sites (tertiary alicyclic amines) is 1. The van der Waals surface area contributed by atoms with E-state index in [1.54, 1.807) is 12.1 Å². The summed E-state index contributed by atoms with van der Waals surface area (Å²) in [6.07, 6.45) is 1.97. The second-order valence-electron chi connectivity index (χ2n) is 5.22. The number of benzene rings is 1. The lowest BCUT2D eigenvalue weighted by Crippen LogP contribution is -2.50. The summed E-state index contributed by atoms with van der Waals surface area (Å²) in [4.78, 5) is 28.6. The second-order valence-corrected chi connectivity index (χ2v) is 5.22. The molecule has 2 aliphatic rings. The van der Waals surface area contributed by atoms with Crippen molar-refractivity contribution in [3.05, 3.63) is 35.4 Å². The Kier molecular flexibility index (Phi) is 3.11. The van der Waals surface area contributed by atoms with Crippen molar-refractivity contribution in [2.45, 2.75) is 25.8 Å². The zero-order valence-corrected chi connectivity index (χ0v) is 11.1. The van der Waals surface area contributed by atoms with Gasteiger partial charge in [-0.25, -0.2) is 0 Å². The molecular weight excluding hydrogens is 240 g/mol. The average molecular weight is 258 g/mol. The molecule has 4 heteroatoms. The summed E-state index contributed by atoms with van der Waals surface area (Å²) >= 11 is 0. The molecule has 3 rings (SSSR count). The minimum atomic E-state index is -0.122. The van der Waals surface area contributed by atoms with Gasteiger partial charge in [0.25, 0.3) is 11.8 Å². The number of likely N-dealkylation sites (N-methyl/N-ethyl adjacent to an activating group) is 1. The third kappa shape index (κ3) is 1.96. The fourth-order valence-electron chi connectivity index (χ4n) is 3.07. The van der Waals surface area contributed by atoms with Gasteiger partial charge in [0.15, 0.2) is 0 Å². The Balaban J connectivity index is 1.87. The Bertz CT molecular complexity index is 492. The molecular formula is C15H18N2O2. The van der Waals surface area contributed by atoms with Gasteiger partial charge in [-0.1, -0.05) is 19.1 Å². The molecule has 2 amide bonds. The molecule has 1 aromatic rings. The minimum Gasteiger partial charge on any atom is -0.302 e. The minimum absolute atomic E-state index is 0.0288. The summed E-state index contributed by atoms with van der Waals surface area (Å²) in [7, 11) is 0. The van der Waals surface area contributed by atoms with Crippen LogP contribution in [0.1, 0.15) is 40.5 Å². The number of hydrogen-bond acceptors (Lipinski definition) is 3. The van der Waals surface area contributed by atoms with Crippen molar-refractivity contribution in [2.75, 3.05) is 19.6 Å². The molecule has 1 fully saturated rings. The Labute approximate surface area is 113 Å². The summed E-state index contributed by atoms with van der Waals surface area (Å²) in [5.74, 6) is -0.243. The maximum atomic E-state index is 12.4. The van der Waals surface area contributed by atoms with Crippen molar-refractivity contribution in [1.82, 2.24) is 9.80 Å². The summed E-state index contributed by atoms with van der Waals surface area (Å²) in [6, 6.07) is 7.15. The molecule has 0 aromatic heterocycles. The number of amides is 2. The van der Waals surface area contributed by atoms with Crippen molar-refractivity contribution in [1.29, 1.82) is 0 Å². The van der Waals surface area contributed by atoms with Gasteiger partial charge in [0, 0.05) is 6.54 Å². The molecule has 1 aromatic carbocycles. The van der Waals surface area contributed by atoms with Gasteiger partial charge >= 0.3 is 0 Å². The lowest BCUT2D eigenvalue weighted by Gasteiger charge is -2.36. The highest BCUT2D eigenvalue weighted by molar-refractivity contribution is 6.21. The SMILES string of the molecule is CCN1CCCC(N2C(=O)c3ccccc3C2=O)C1. The Morgan fingerprint density at radius 1 is 1.16 bits per heavy atom. The van der Waals surface area contributed by atoms with Crippen LogP contribution in [-0.2, 0) is 0 Å². The molecule has 0 aliphatic carbocycles. The van der Waals surface area contributed by atoms with Crippen molar-refractivity contribution in [3.63, 3.8) is 0 Å². The molecule has 19 heavy (non-hydrogen) atoms. The van der Waals surface area contributed by atoms with Gasteiger partial charge in [0.1, 0.15) is 0 Å². The quantitative estimate of drug-likeness (QED) is 0.759. The summed E-state index contributed by atoms with van der Waals surface area (Å²) in [5.41, 5.74) is 1.11. The van der Waals surface area contributed by atoms with Crippen LogP contribution in [0.3, 0.4) is 0 Å². The Morgan fingerprint density at radius 2 is 1.79 bits per heavy atom. The van der Waals surface area contributed by atoms with Crippen molar-refractivity contribution >= 4 is 11.8 Å². The van der Waals surface area contributed by atoms with Gasteiger partial charge in [-0.2, -0.15) is 0 Å². The molecule has 0 saturated carbocycles. The third-order valence-corrected chi connectivity index (χ3v) is 4.12. The largest absolute Gasteiger partial charge is 0.302 e. The number of piperidine rings is 1. The number of nitrogens with zero attached hydrogens (tertiary/aromatic N) is 2. The summed E-state index contributed by atoms with van der Waals surface area (Å²) in [5, 5.41) is 0. The maximum Gasteiger partial charge on any atom is 0.261 e. The average Bonchev–Trinajstić information content (AvgIpc) is 2.72. The Morgan fingerprint density at radius 3 is 2.37 bits per heavy atom. The van der Waals surface area contributed by atoms with Crippen LogP contribution >= 0.6 is 0 Å². The zero-order valence-electron chi connectivity index (χ0n) is 11.1. The van der Waals surface area contributed by atoms with E-state index in [2.05, 4.69) is 11.8 Å². The number of carbonyl (C=O) groups excluding carboxylic acids is 2. The van der Waals surface area contributed by atoms with E-state index in [0.29, 0.717) is 11.1 Å². The number of imide groups is 1. The number of rotatable bonds is 2. The van der Waals surface area contributed by atoms with Gasteiger partial charge in [0.2, 0.25) is 0 Å². The first-order valence-electron chi connectivity index (χ1n) is 6.91. The fraction of sp³-hybridized carbons (Fsp3) is 0.467. The standard InChI is InChI=1S/C15H18N2O2/c1-2-16-9-5-6-11(10-16)17-14(18)12-7-3-4-8-13(12)15(17)19/h3-4,7-8,11H,2,5-6,9-10H2,1H3. The molecule has 0 bridgehead atoms. The van der Waals surface area contributed by atoms with Gasteiger partial charge in [-0.15, -0.1) is 0 Å². The van der Waals surface area contributed by atoms with Crippen LogP contribution in [-0.4, -0.2) is 47.3 Å². The molecule has 2 heterocycles. The zero-order chi connectivity index (χ0) is 13.4. The first kappa shape index (κ1) is 12.4. The van der Waals surface area contributed by atoms with Crippen LogP contribution in [0.15, 0.2) is 24.3 Å². The van der Waals surface area contributed by atoms with E-state index in [9.17, 15) is 9.59 Å². The van der Waals surface area contributed by atoms with Crippen molar-refractivity contribution < 1.29 is 9.59 Å². The van der Waals surface area contributed by atoms with E-state index in [1.165, 1.54) is 4.90 Å². The van der Waals surface area contributed by atoms with Crippen LogP contribution in [0.2, 0.25) is 0 Å². The second kappa shape index (κ2) is 4.78. The van der Waals surface area contributed by atoms with E-state index < -0.39 is 0 Å². The topological polar surface area (TPSA) is 40.6 Å². The molecule has 2 aliphatic heterocycles. The Hall–Kier alpha value is -1.68. The maximum absolute atomic E-state index is 12.4. The molecule has 0 radical (unpaired) electrons. The van der Waals surface area contributed by atoms with Crippen molar-refractivity contribution in [2.24, 2.45) is 0 Å². The van der Waals surface area contributed by atoms with Crippen LogP contribution in [0.5, 0.6) is 0 Å². The fourth-order valence-corrected chi connectivity index (χ4v) is 3.07. The third-order valence-electron chi connectivity index (χ3n) is 4.12. The first-order valence-corrected chi connectivity index (χ1v) is 6.91. The molecule has 1 unspecified atom stereocenters. The van der Waals surface area contributed by atoms with Crippen LogP contribution < -0.4 is 0 Å².